The van der Waals surface area contributed by atoms with E-state index in [1.165, 1.54) is 0 Å². The third kappa shape index (κ3) is 4.44. The van der Waals surface area contributed by atoms with E-state index in [0.717, 1.165) is 17.7 Å². The van der Waals surface area contributed by atoms with Crippen molar-refractivity contribution in [1.82, 2.24) is 10.2 Å². The predicted molar refractivity (Wildman–Crippen MR) is 81.3 cm³/mol. The van der Waals surface area contributed by atoms with E-state index in [1.54, 1.807) is 11.9 Å². The number of benzene rings is 1. The van der Waals surface area contributed by atoms with Gasteiger partial charge in [-0.15, -0.1) is 0 Å². The van der Waals surface area contributed by atoms with Gasteiger partial charge in [-0.3, -0.25) is 4.79 Å². The van der Waals surface area contributed by atoms with Crippen molar-refractivity contribution in [2.24, 2.45) is 0 Å². The van der Waals surface area contributed by atoms with Gasteiger partial charge in [0.1, 0.15) is 5.75 Å². The molecular formula is C16H24N2O3. The summed E-state index contributed by atoms with van der Waals surface area (Å²) in [5.41, 5.74) is 1.12. The van der Waals surface area contributed by atoms with E-state index in [4.69, 9.17) is 4.74 Å². The zero-order valence-electron chi connectivity index (χ0n) is 12.7. The number of amides is 1. The average Bonchev–Trinajstić information content (AvgIpc) is 2.91. The number of aryl methyl sites for hydroxylation is 1. The Balaban J connectivity index is 1.68. The summed E-state index contributed by atoms with van der Waals surface area (Å²) in [7, 11) is 1.79. The van der Waals surface area contributed by atoms with Crippen molar-refractivity contribution < 1.29 is 14.6 Å². The first kappa shape index (κ1) is 15.8. The molecule has 2 rings (SSSR count). The average molecular weight is 292 g/mol. The lowest BCUT2D eigenvalue weighted by atomic mass is 10.2. The van der Waals surface area contributed by atoms with Crippen molar-refractivity contribution in [3.8, 4) is 5.75 Å². The van der Waals surface area contributed by atoms with Crippen LogP contribution in [0, 0.1) is 6.92 Å². The van der Waals surface area contributed by atoms with Crippen LogP contribution in [0.1, 0.15) is 18.4 Å². The molecule has 0 unspecified atom stereocenters. The van der Waals surface area contributed by atoms with Crippen LogP contribution in [-0.2, 0) is 4.79 Å². The molecule has 0 radical (unpaired) electrons. The number of hydrogen-bond acceptors (Lipinski definition) is 4. The van der Waals surface area contributed by atoms with E-state index in [2.05, 4.69) is 5.32 Å². The van der Waals surface area contributed by atoms with Crippen LogP contribution in [0.25, 0.3) is 0 Å². The molecular weight excluding hydrogens is 268 g/mol. The number of hydrogen-bond donors (Lipinski definition) is 2. The monoisotopic (exact) mass is 292 g/mol. The smallest absolute Gasteiger partial charge is 0.239 e. The predicted octanol–water partition coefficient (Wildman–Crippen LogP) is 0.945. The van der Waals surface area contributed by atoms with Crippen LogP contribution in [-0.4, -0.2) is 54.8 Å². The molecule has 116 valence electrons. The summed E-state index contributed by atoms with van der Waals surface area (Å²) in [5.74, 6) is 0.939. The molecule has 1 aromatic rings. The largest absolute Gasteiger partial charge is 0.493 e. The summed E-state index contributed by atoms with van der Waals surface area (Å²) < 4.78 is 5.72. The SMILES string of the molecule is Cc1ccccc1OCCCN(C)C(=O)[C@@H]1C[C@H](O)CN1. The van der Waals surface area contributed by atoms with Crippen molar-refractivity contribution in [2.75, 3.05) is 26.7 Å². The fraction of sp³-hybridized carbons (Fsp3) is 0.562. The molecule has 5 nitrogen and oxygen atoms in total. The van der Waals surface area contributed by atoms with E-state index in [-0.39, 0.29) is 11.9 Å². The molecule has 1 aliphatic rings. The Morgan fingerprint density at radius 2 is 2.24 bits per heavy atom. The van der Waals surface area contributed by atoms with Crippen molar-refractivity contribution >= 4 is 5.91 Å². The molecule has 1 saturated heterocycles. The Kier molecular flexibility index (Phi) is 5.59. The van der Waals surface area contributed by atoms with Crippen LogP contribution in [0.15, 0.2) is 24.3 Å². The minimum Gasteiger partial charge on any atom is -0.493 e. The van der Waals surface area contributed by atoms with Gasteiger partial charge >= 0.3 is 0 Å². The van der Waals surface area contributed by atoms with Gasteiger partial charge in [0.25, 0.3) is 0 Å². The van der Waals surface area contributed by atoms with Crippen molar-refractivity contribution in [2.45, 2.75) is 31.9 Å². The normalized spacial score (nSPS) is 21.3. The lowest BCUT2D eigenvalue weighted by Crippen LogP contribution is -2.42. The van der Waals surface area contributed by atoms with Crippen molar-refractivity contribution in [3.63, 3.8) is 0 Å². The molecule has 2 atom stereocenters. The highest BCUT2D eigenvalue weighted by Gasteiger charge is 2.29. The number of β-amino-alcohol motifs (C(OH)–C–C–N with tert-alkyl or cyclic N) is 1. The lowest BCUT2D eigenvalue weighted by molar-refractivity contribution is -0.132. The summed E-state index contributed by atoms with van der Waals surface area (Å²) in [5, 5.41) is 12.5. The number of carbonyl (C=O) groups excluding carboxylic acids is 1. The maximum Gasteiger partial charge on any atom is 0.239 e. The van der Waals surface area contributed by atoms with Gasteiger partial charge in [-0.25, -0.2) is 0 Å². The second-order valence-electron chi connectivity index (χ2n) is 5.58. The Morgan fingerprint density at radius 1 is 1.48 bits per heavy atom. The van der Waals surface area contributed by atoms with Crippen molar-refractivity contribution in [1.29, 1.82) is 0 Å². The van der Waals surface area contributed by atoms with Gasteiger partial charge in [-0.05, 0) is 31.4 Å². The third-order valence-electron chi connectivity index (χ3n) is 3.77. The van der Waals surface area contributed by atoms with Gasteiger partial charge in [0, 0.05) is 20.1 Å². The zero-order chi connectivity index (χ0) is 15.2. The second kappa shape index (κ2) is 7.43. The first-order chi connectivity index (χ1) is 10.1. The van der Waals surface area contributed by atoms with Crippen LogP contribution in [0.3, 0.4) is 0 Å². The first-order valence-electron chi connectivity index (χ1n) is 7.43. The van der Waals surface area contributed by atoms with E-state index < -0.39 is 6.10 Å². The summed E-state index contributed by atoms with van der Waals surface area (Å²) >= 11 is 0. The fourth-order valence-electron chi connectivity index (χ4n) is 2.48. The number of aliphatic hydroxyl groups is 1. The summed E-state index contributed by atoms with van der Waals surface area (Å²) in [6.45, 7) is 3.75. The highest BCUT2D eigenvalue weighted by atomic mass is 16.5. The molecule has 0 aliphatic carbocycles. The number of carbonyl (C=O) groups is 1. The van der Waals surface area contributed by atoms with E-state index in [9.17, 15) is 9.90 Å². The van der Waals surface area contributed by atoms with Gasteiger partial charge < -0.3 is 20.1 Å². The molecule has 1 aromatic carbocycles. The fourth-order valence-corrected chi connectivity index (χ4v) is 2.48. The Morgan fingerprint density at radius 3 is 2.90 bits per heavy atom. The number of ether oxygens (including phenoxy) is 1. The second-order valence-corrected chi connectivity index (χ2v) is 5.58. The number of aliphatic hydroxyl groups excluding tert-OH is 1. The number of likely N-dealkylation sites (N-methyl/N-ethyl adjacent to an activating group) is 1. The summed E-state index contributed by atoms with van der Waals surface area (Å²) in [6, 6.07) is 7.66. The van der Waals surface area contributed by atoms with Crippen LogP contribution in [0.4, 0.5) is 0 Å². The molecule has 5 heteroatoms. The number of nitrogens with one attached hydrogen (secondary N) is 1. The standard InChI is InChI=1S/C16H24N2O3/c1-12-6-3-4-7-15(12)21-9-5-8-18(2)16(20)14-10-13(19)11-17-14/h3-4,6-7,13-14,17,19H,5,8-11H2,1-2H3/t13-,14-/m0/s1. The van der Waals surface area contributed by atoms with Gasteiger partial charge in [-0.1, -0.05) is 18.2 Å². The minimum atomic E-state index is -0.406. The molecule has 1 aliphatic heterocycles. The van der Waals surface area contributed by atoms with Crippen LogP contribution >= 0.6 is 0 Å². The van der Waals surface area contributed by atoms with Crippen LogP contribution in [0.5, 0.6) is 5.75 Å². The molecule has 1 fully saturated rings. The van der Waals surface area contributed by atoms with Crippen LogP contribution < -0.4 is 10.1 Å². The Hall–Kier alpha value is -1.59. The molecule has 0 bridgehead atoms. The first-order valence-corrected chi connectivity index (χ1v) is 7.43. The van der Waals surface area contributed by atoms with E-state index >= 15 is 0 Å². The maximum atomic E-state index is 12.1. The molecule has 0 aromatic heterocycles. The van der Waals surface area contributed by atoms with E-state index in [0.29, 0.717) is 26.1 Å². The minimum absolute atomic E-state index is 0.0439. The zero-order valence-corrected chi connectivity index (χ0v) is 12.7. The summed E-state index contributed by atoms with van der Waals surface area (Å²) in [4.78, 5) is 13.8. The maximum absolute atomic E-state index is 12.1. The molecule has 1 amide bonds. The number of nitrogens with zero attached hydrogens (tertiary/aromatic N) is 1. The van der Waals surface area contributed by atoms with Crippen LogP contribution in [0.2, 0.25) is 0 Å². The Labute approximate surface area is 125 Å². The third-order valence-corrected chi connectivity index (χ3v) is 3.77. The summed E-state index contributed by atoms with van der Waals surface area (Å²) in [6.07, 6.45) is 0.881. The highest BCUT2D eigenvalue weighted by Crippen LogP contribution is 2.16. The molecule has 0 spiro atoms. The van der Waals surface area contributed by atoms with Gasteiger partial charge in [0.15, 0.2) is 0 Å². The molecule has 21 heavy (non-hydrogen) atoms. The molecule has 0 saturated carbocycles. The van der Waals surface area contributed by atoms with Gasteiger partial charge in [0.2, 0.25) is 5.91 Å². The number of para-hydroxylation sites is 1. The highest BCUT2D eigenvalue weighted by molar-refractivity contribution is 5.82. The van der Waals surface area contributed by atoms with Gasteiger partial charge in [-0.2, -0.15) is 0 Å². The quantitative estimate of drug-likeness (QED) is 0.766. The molecule has 1 heterocycles. The van der Waals surface area contributed by atoms with E-state index in [1.807, 2.05) is 31.2 Å². The Bertz CT molecular complexity index is 478. The lowest BCUT2D eigenvalue weighted by Gasteiger charge is -2.21. The topological polar surface area (TPSA) is 61.8 Å². The van der Waals surface area contributed by atoms with Gasteiger partial charge in [0.05, 0.1) is 18.8 Å². The number of rotatable bonds is 6. The molecule has 2 N–H and O–H groups in total. The van der Waals surface area contributed by atoms with Crippen molar-refractivity contribution in [3.05, 3.63) is 29.8 Å².